The average molecular weight is 330 g/mol. The highest BCUT2D eigenvalue weighted by atomic mass is 32.2. The molecule has 0 unspecified atom stereocenters. The van der Waals surface area contributed by atoms with Crippen LogP contribution >= 0.6 is 0 Å². The van der Waals surface area contributed by atoms with Gasteiger partial charge in [-0.2, -0.15) is 5.10 Å². The van der Waals surface area contributed by atoms with Crippen LogP contribution in [-0.4, -0.2) is 56.6 Å². The fourth-order valence-electron chi connectivity index (χ4n) is 1.73. The Balaban J connectivity index is 2.07. The van der Waals surface area contributed by atoms with Crippen LogP contribution in [0.4, 0.5) is 0 Å². The number of rotatable bonds is 10. The van der Waals surface area contributed by atoms with Gasteiger partial charge in [-0.05, 0) is 25.8 Å². The van der Waals surface area contributed by atoms with E-state index in [0.717, 1.165) is 25.5 Å². The molecule has 0 atom stereocenters. The summed E-state index contributed by atoms with van der Waals surface area (Å²) in [6.07, 6.45) is 5.34. The van der Waals surface area contributed by atoms with Crippen LogP contribution in [-0.2, 0) is 16.6 Å². The molecular weight excluding hydrogens is 304 g/mol. The van der Waals surface area contributed by atoms with Gasteiger partial charge < -0.3 is 10.6 Å². The maximum Gasteiger partial charge on any atom is 0.211 e. The molecule has 8 nitrogen and oxygen atoms in total. The Hall–Kier alpha value is -1.61. The van der Waals surface area contributed by atoms with Gasteiger partial charge in [-0.1, -0.05) is 0 Å². The highest BCUT2D eigenvalue weighted by Gasteiger charge is 2.04. The maximum absolute atomic E-state index is 11.2. The molecule has 0 amide bonds. The van der Waals surface area contributed by atoms with E-state index in [2.05, 4.69) is 25.4 Å². The number of nitrogens with one attached hydrogen (secondary N) is 3. The van der Waals surface area contributed by atoms with Gasteiger partial charge in [0.25, 0.3) is 0 Å². The minimum absolute atomic E-state index is 0.111. The number of sulfonamides is 1. The molecule has 0 radical (unpaired) electrons. The van der Waals surface area contributed by atoms with Gasteiger partial charge >= 0.3 is 0 Å². The number of guanidine groups is 1. The molecule has 3 N–H and O–H groups in total. The van der Waals surface area contributed by atoms with Gasteiger partial charge in [0.05, 0.1) is 5.75 Å². The summed E-state index contributed by atoms with van der Waals surface area (Å²) in [6, 6.07) is 1.90. The van der Waals surface area contributed by atoms with Crippen LogP contribution < -0.4 is 15.4 Å². The fraction of sp³-hybridized carbons (Fsp3) is 0.692. The first-order valence-corrected chi connectivity index (χ1v) is 9.12. The van der Waals surface area contributed by atoms with Crippen molar-refractivity contribution in [2.45, 2.75) is 26.3 Å². The largest absolute Gasteiger partial charge is 0.356 e. The van der Waals surface area contributed by atoms with Crippen molar-refractivity contribution in [2.24, 2.45) is 4.99 Å². The summed E-state index contributed by atoms with van der Waals surface area (Å²) < 4.78 is 26.9. The van der Waals surface area contributed by atoms with Crippen molar-refractivity contribution < 1.29 is 8.42 Å². The Labute approximate surface area is 132 Å². The zero-order chi connectivity index (χ0) is 16.3. The van der Waals surface area contributed by atoms with Gasteiger partial charge in [-0.15, -0.1) is 0 Å². The van der Waals surface area contributed by atoms with Crippen LogP contribution in [0.25, 0.3) is 0 Å². The van der Waals surface area contributed by atoms with E-state index >= 15 is 0 Å². The van der Waals surface area contributed by atoms with Crippen molar-refractivity contribution in [1.29, 1.82) is 0 Å². The highest BCUT2D eigenvalue weighted by molar-refractivity contribution is 7.89. The zero-order valence-electron chi connectivity index (χ0n) is 13.2. The zero-order valence-corrected chi connectivity index (χ0v) is 14.1. The molecule has 1 rings (SSSR count). The third kappa shape index (κ3) is 7.99. The molecule has 9 heteroatoms. The number of hydrogen-bond acceptors (Lipinski definition) is 4. The van der Waals surface area contributed by atoms with E-state index in [1.165, 1.54) is 0 Å². The Morgan fingerprint density at radius 2 is 1.95 bits per heavy atom. The Morgan fingerprint density at radius 1 is 1.23 bits per heavy atom. The molecule has 0 aromatic carbocycles. The fourth-order valence-corrected chi connectivity index (χ4v) is 2.39. The van der Waals surface area contributed by atoms with Gasteiger partial charge in [-0.25, -0.2) is 13.1 Å². The molecule has 0 aliphatic heterocycles. The minimum atomic E-state index is -3.10. The molecule has 1 aromatic rings. The van der Waals surface area contributed by atoms with Crippen LogP contribution in [0.15, 0.2) is 23.5 Å². The number of aliphatic imine (C=N–C) groups is 1. The molecule has 0 aliphatic rings. The number of hydrogen-bond donors (Lipinski definition) is 3. The van der Waals surface area contributed by atoms with E-state index in [4.69, 9.17) is 0 Å². The van der Waals surface area contributed by atoms with E-state index < -0.39 is 10.0 Å². The van der Waals surface area contributed by atoms with Crippen molar-refractivity contribution in [1.82, 2.24) is 25.1 Å². The van der Waals surface area contributed by atoms with E-state index in [1.54, 1.807) is 20.2 Å². The summed E-state index contributed by atoms with van der Waals surface area (Å²) in [6.45, 7) is 4.36. The Bertz CT molecular complexity index is 527. The number of aryl methyl sites for hydroxylation is 1. The van der Waals surface area contributed by atoms with Crippen LogP contribution in [0.3, 0.4) is 0 Å². The summed E-state index contributed by atoms with van der Waals surface area (Å²) in [5, 5.41) is 10.5. The van der Waals surface area contributed by atoms with E-state index in [1.807, 2.05) is 16.9 Å². The lowest BCUT2D eigenvalue weighted by Crippen LogP contribution is -2.39. The van der Waals surface area contributed by atoms with Gasteiger partial charge in [0, 0.05) is 45.6 Å². The van der Waals surface area contributed by atoms with Crippen molar-refractivity contribution in [2.75, 3.05) is 32.4 Å². The van der Waals surface area contributed by atoms with Crippen LogP contribution in [0, 0.1) is 0 Å². The molecular formula is C13H26N6O2S. The number of aromatic nitrogens is 2. The number of nitrogens with zero attached hydrogens (tertiary/aromatic N) is 3. The molecule has 22 heavy (non-hydrogen) atoms. The molecule has 0 bridgehead atoms. The molecule has 0 saturated heterocycles. The lowest BCUT2D eigenvalue weighted by Gasteiger charge is -2.12. The lowest BCUT2D eigenvalue weighted by atomic mass is 10.4. The predicted molar refractivity (Wildman–Crippen MR) is 88.3 cm³/mol. The SMILES string of the molecule is CCS(=O)(=O)NCCCNC(=NC)NCCCn1cccn1. The van der Waals surface area contributed by atoms with E-state index in [-0.39, 0.29) is 5.75 Å². The van der Waals surface area contributed by atoms with Crippen molar-refractivity contribution >= 4 is 16.0 Å². The second-order valence-electron chi connectivity index (χ2n) is 4.70. The summed E-state index contributed by atoms with van der Waals surface area (Å²) in [5.41, 5.74) is 0. The Kier molecular flexibility index (Phi) is 8.53. The molecule has 0 aliphatic carbocycles. The normalized spacial score (nSPS) is 12.4. The Morgan fingerprint density at radius 3 is 2.55 bits per heavy atom. The first kappa shape index (κ1) is 18.4. The topological polar surface area (TPSA) is 100 Å². The first-order chi connectivity index (χ1) is 10.6. The predicted octanol–water partition coefficient (Wildman–Crippen LogP) is -0.232. The van der Waals surface area contributed by atoms with Gasteiger partial charge in [-0.3, -0.25) is 9.67 Å². The van der Waals surface area contributed by atoms with Crippen molar-refractivity contribution in [3.05, 3.63) is 18.5 Å². The maximum atomic E-state index is 11.2. The lowest BCUT2D eigenvalue weighted by molar-refractivity contribution is 0.569. The molecule has 0 fully saturated rings. The molecule has 1 heterocycles. The molecule has 0 saturated carbocycles. The monoisotopic (exact) mass is 330 g/mol. The second kappa shape index (κ2) is 10.2. The smallest absolute Gasteiger partial charge is 0.211 e. The van der Waals surface area contributed by atoms with Crippen molar-refractivity contribution in [3.63, 3.8) is 0 Å². The molecule has 126 valence electrons. The summed E-state index contributed by atoms with van der Waals surface area (Å²) in [7, 11) is -1.39. The third-order valence-corrected chi connectivity index (χ3v) is 4.39. The van der Waals surface area contributed by atoms with Gasteiger partial charge in [0.15, 0.2) is 5.96 Å². The summed E-state index contributed by atoms with van der Waals surface area (Å²) in [5.74, 6) is 0.832. The van der Waals surface area contributed by atoms with E-state index in [0.29, 0.717) is 19.5 Å². The minimum Gasteiger partial charge on any atom is -0.356 e. The molecule has 0 spiro atoms. The van der Waals surface area contributed by atoms with Crippen LogP contribution in [0.1, 0.15) is 19.8 Å². The average Bonchev–Trinajstić information content (AvgIpc) is 3.02. The van der Waals surface area contributed by atoms with Crippen LogP contribution in [0.2, 0.25) is 0 Å². The van der Waals surface area contributed by atoms with Gasteiger partial charge in [0.1, 0.15) is 0 Å². The third-order valence-electron chi connectivity index (χ3n) is 2.99. The second-order valence-corrected chi connectivity index (χ2v) is 6.80. The summed E-state index contributed by atoms with van der Waals surface area (Å²) >= 11 is 0. The van der Waals surface area contributed by atoms with Gasteiger partial charge in [0.2, 0.25) is 10.0 Å². The van der Waals surface area contributed by atoms with Crippen molar-refractivity contribution in [3.8, 4) is 0 Å². The quantitative estimate of drug-likeness (QED) is 0.312. The first-order valence-electron chi connectivity index (χ1n) is 7.46. The standard InChI is InChI=1S/C13H26N6O2S/c1-3-22(20,21)18-10-4-7-15-13(14-2)16-8-5-11-19-12-6-9-17-19/h6,9,12,18H,3-5,7-8,10-11H2,1-2H3,(H2,14,15,16). The van der Waals surface area contributed by atoms with Crippen LogP contribution in [0.5, 0.6) is 0 Å². The summed E-state index contributed by atoms with van der Waals surface area (Å²) in [4.78, 5) is 4.12. The highest BCUT2D eigenvalue weighted by Crippen LogP contribution is 1.88. The molecule has 1 aromatic heterocycles. The van der Waals surface area contributed by atoms with E-state index in [9.17, 15) is 8.42 Å².